The highest BCUT2D eigenvalue weighted by Gasteiger charge is 2.05. The van der Waals surface area contributed by atoms with Gasteiger partial charge in [0.2, 0.25) is 0 Å². The van der Waals surface area contributed by atoms with E-state index in [2.05, 4.69) is 17.4 Å². The first-order valence-corrected chi connectivity index (χ1v) is 6.78. The molecule has 0 radical (unpaired) electrons. The zero-order chi connectivity index (χ0) is 13.7. The largest absolute Gasteiger partial charge is 0.494 e. The smallest absolute Gasteiger partial charge is 0.119 e. The molecule has 0 bridgehead atoms. The fourth-order valence-corrected chi connectivity index (χ4v) is 2.32. The monoisotopic (exact) mass is 275 g/mol. The minimum atomic E-state index is 0.679. The van der Waals surface area contributed by atoms with Gasteiger partial charge in [-0.25, -0.2) is 0 Å². The molecule has 19 heavy (non-hydrogen) atoms. The van der Waals surface area contributed by atoms with E-state index in [1.165, 1.54) is 5.56 Å². The summed E-state index contributed by atoms with van der Waals surface area (Å²) in [7, 11) is 1.92. The molecule has 0 atom stereocenters. The third-order valence-electron chi connectivity index (χ3n) is 2.89. The fourth-order valence-electron chi connectivity index (χ4n) is 2.00. The first-order valence-electron chi connectivity index (χ1n) is 6.41. The second-order valence-electron chi connectivity index (χ2n) is 4.30. The van der Waals surface area contributed by atoms with Gasteiger partial charge >= 0.3 is 0 Å². The molecule has 0 aliphatic heterocycles. The van der Waals surface area contributed by atoms with Crippen molar-refractivity contribution in [2.75, 3.05) is 13.7 Å². The quantitative estimate of drug-likeness (QED) is 0.886. The van der Waals surface area contributed by atoms with Crippen LogP contribution in [0.5, 0.6) is 5.75 Å². The molecule has 0 saturated heterocycles. The van der Waals surface area contributed by atoms with Gasteiger partial charge in [0.15, 0.2) is 0 Å². The Morgan fingerprint density at radius 1 is 1.11 bits per heavy atom. The number of benzene rings is 2. The number of nitrogens with one attached hydrogen (secondary N) is 1. The Bertz CT molecular complexity index is 537. The second-order valence-corrected chi connectivity index (χ2v) is 4.71. The third kappa shape index (κ3) is 3.49. The summed E-state index contributed by atoms with van der Waals surface area (Å²) in [5.41, 5.74) is 3.33. The van der Waals surface area contributed by atoms with E-state index in [1.54, 1.807) is 0 Å². The molecule has 2 aromatic carbocycles. The summed E-state index contributed by atoms with van der Waals surface area (Å²) in [5, 5.41) is 3.89. The SMILES string of the molecule is CCOc1ccc(-c2ccc(CNC)cc2Cl)cc1. The Kier molecular flexibility index (Phi) is 4.83. The van der Waals surface area contributed by atoms with Crippen molar-refractivity contribution in [1.82, 2.24) is 5.32 Å². The summed E-state index contributed by atoms with van der Waals surface area (Å²) in [6.45, 7) is 3.48. The lowest BCUT2D eigenvalue weighted by Gasteiger charge is -2.09. The van der Waals surface area contributed by atoms with Gasteiger partial charge < -0.3 is 10.1 Å². The second kappa shape index (κ2) is 6.60. The van der Waals surface area contributed by atoms with Gasteiger partial charge in [0.05, 0.1) is 6.61 Å². The van der Waals surface area contributed by atoms with Crippen molar-refractivity contribution in [3.8, 4) is 16.9 Å². The van der Waals surface area contributed by atoms with E-state index in [0.29, 0.717) is 6.61 Å². The molecule has 2 aromatic rings. The molecule has 3 heteroatoms. The Morgan fingerprint density at radius 2 is 1.84 bits per heavy atom. The Balaban J connectivity index is 2.25. The number of halogens is 1. The van der Waals surface area contributed by atoms with Gasteiger partial charge in [0.1, 0.15) is 5.75 Å². The lowest BCUT2D eigenvalue weighted by atomic mass is 10.0. The molecular weight excluding hydrogens is 258 g/mol. The zero-order valence-corrected chi connectivity index (χ0v) is 12.0. The highest BCUT2D eigenvalue weighted by atomic mass is 35.5. The predicted octanol–water partition coefficient (Wildman–Crippen LogP) is 4.13. The van der Waals surface area contributed by atoms with Crippen LogP contribution in [0.25, 0.3) is 11.1 Å². The molecule has 0 saturated carbocycles. The van der Waals surface area contributed by atoms with Crippen LogP contribution >= 0.6 is 11.6 Å². The van der Waals surface area contributed by atoms with E-state index in [-0.39, 0.29) is 0 Å². The van der Waals surface area contributed by atoms with Gasteiger partial charge in [-0.1, -0.05) is 35.9 Å². The van der Waals surface area contributed by atoms with Crippen molar-refractivity contribution in [3.05, 3.63) is 53.1 Å². The zero-order valence-electron chi connectivity index (χ0n) is 11.2. The lowest BCUT2D eigenvalue weighted by molar-refractivity contribution is 0.340. The molecule has 0 fully saturated rings. The Labute approximate surface area is 119 Å². The molecular formula is C16H18ClNO. The average Bonchev–Trinajstić information content (AvgIpc) is 2.41. The van der Waals surface area contributed by atoms with E-state index in [1.807, 2.05) is 44.3 Å². The number of rotatable bonds is 5. The maximum Gasteiger partial charge on any atom is 0.119 e. The number of hydrogen-bond acceptors (Lipinski definition) is 2. The molecule has 0 aliphatic rings. The first kappa shape index (κ1) is 13.9. The Morgan fingerprint density at radius 3 is 2.42 bits per heavy atom. The fraction of sp³-hybridized carbons (Fsp3) is 0.250. The van der Waals surface area contributed by atoms with Crippen molar-refractivity contribution in [3.63, 3.8) is 0 Å². The summed E-state index contributed by atoms with van der Waals surface area (Å²) in [6, 6.07) is 14.2. The minimum Gasteiger partial charge on any atom is -0.494 e. The highest BCUT2D eigenvalue weighted by molar-refractivity contribution is 6.33. The van der Waals surface area contributed by atoms with Gasteiger partial charge in [0.25, 0.3) is 0 Å². The van der Waals surface area contributed by atoms with Crippen molar-refractivity contribution in [2.24, 2.45) is 0 Å². The van der Waals surface area contributed by atoms with Gasteiger partial charge in [-0.15, -0.1) is 0 Å². The van der Waals surface area contributed by atoms with Crippen LogP contribution in [0.2, 0.25) is 5.02 Å². The van der Waals surface area contributed by atoms with Crippen LogP contribution in [0.1, 0.15) is 12.5 Å². The molecule has 2 nitrogen and oxygen atoms in total. The highest BCUT2D eigenvalue weighted by Crippen LogP contribution is 2.30. The molecule has 2 rings (SSSR count). The predicted molar refractivity (Wildman–Crippen MR) is 80.8 cm³/mol. The molecule has 0 unspecified atom stereocenters. The normalized spacial score (nSPS) is 10.5. The summed E-state index contributed by atoms with van der Waals surface area (Å²) < 4.78 is 5.44. The summed E-state index contributed by atoms with van der Waals surface area (Å²) in [4.78, 5) is 0. The molecule has 0 amide bonds. The topological polar surface area (TPSA) is 21.3 Å². The summed E-state index contributed by atoms with van der Waals surface area (Å²) in [5.74, 6) is 0.883. The van der Waals surface area contributed by atoms with Crippen molar-refractivity contribution >= 4 is 11.6 Å². The van der Waals surface area contributed by atoms with Gasteiger partial charge in [0, 0.05) is 17.1 Å². The van der Waals surface area contributed by atoms with Gasteiger partial charge in [-0.2, -0.15) is 0 Å². The average molecular weight is 276 g/mol. The minimum absolute atomic E-state index is 0.679. The first-order chi connectivity index (χ1) is 9.24. The van der Waals surface area contributed by atoms with Crippen molar-refractivity contribution in [2.45, 2.75) is 13.5 Å². The van der Waals surface area contributed by atoms with Gasteiger partial charge in [-0.3, -0.25) is 0 Å². The van der Waals surface area contributed by atoms with Crippen LogP contribution in [0.4, 0.5) is 0 Å². The molecule has 0 aliphatic carbocycles. The maximum atomic E-state index is 6.34. The van der Waals surface area contributed by atoms with E-state index in [9.17, 15) is 0 Å². The van der Waals surface area contributed by atoms with Crippen LogP contribution in [-0.2, 0) is 6.54 Å². The third-order valence-corrected chi connectivity index (χ3v) is 3.20. The van der Waals surface area contributed by atoms with E-state index in [4.69, 9.17) is 16.3 Å². The molecule has 1 N–H and O–H groups in total. The molecule has 0 heterocycles. The van der Waals surface area contributed by atoms with Gasteiger partial charge in [-0.05, 0) is 43.3 Å². The standard InChI is InChI=1S/C16H18ClNO/c1-3-19-14-7-5-13(6-8-14)15-9-4-12(11-18-2)10-16(15)17/h4-10,18H,3,11H2,1-2H3. The summed E-state index contributed by atoms with van der Waals surface area (Å²) >= 11 is 6.34. The Hall–Kier alpha value is -1.51. The molecule has 100 valence electrons. The van der Waals surface area contributed by atoms with Crippen molar-refractivity contribution in [1.29, 1.82) is 0 Å². The maximum absolute atomic E-state index is 6.34. The molecule has 0 aromatic heterocycles. The number of hydrogen-bond donors (Lipinski definition) is 1. The number of ether oxygens (including phenoxy) is 1. The van der Waals surface area contributed by atoms with Crippen LogP contribution < -0.4 is 10.1 Å². The van der Waals surface area contributed by atoms with Crippen molar-refractivity contribution < 1.29 is 4.74 Å². The van der Waals surface area contributed by atoms with Crippen LogP contribution in [0.15, 0.2) is 42.5 Å². The van der Waals surface area contributed by atoms with E-state index < -0.39 is 0 Å². The van der Waals surface area contributed by atoms with Crippen LogP contribution in [-0.4, -0.2) is 13.7 Å². The lowest BCUT2D eigenvalue weighted by Crippen LogP contribution is -2.04. The van der Waals surface area contributed by atoms with E-state index in [0.717, 1.165) is 28.4 Å². The van der Waals surface area contributed by atoms with E-state index >= 15 is 0 Å². The van der Waals surface area contributed by atoms with Crippen LogP contribution in [0, 0.1) is 0 Å². The molecule has 0 spiro atoms. The van der Waals surface area contributed by atoms with Crippen LogP contribution in [0.3, 0.4) is 0 Å². The summed E-state index contributed by atoms with van der Waals surface area (Å²) in [6.07, 6.45) is 0.